The van der Waals surface area contributed by atoms with Crippen LogP contribution >= 0.6 is 0 Å². The van der Waals surface area contributed by atoms with E-state index in [0.717, 1.165) is 36.1 Å². The summed E-state index contributed by atoms with van der Waals surface area (Å²) < 4.78 is 70.4. The van der Waals surface area contributed by atoms with Gasteiger partial charge in [-0.15, -0.1) is 0 Å². The Kier molecular flexibility index (Phi) is 7.86. The fraction of sp³-hybridized carbons (Fsp3) is 0.565. The van der Waals surface area contributed by atoms with E-state index in [4.69, 9.17) is 9.72 Å². The molecule has 8 nitrogen and oxygen atoms in total. The third-order valence-corrected chi connectivity index (χ3v) is 6.48. The molecule has 36 heavy (non-hydrogen) atoms. The van der Waals surface area contributed by atoms with Crippen LogP contribution < -0.4 is 10.2 Å². The minimum Gasteiger partial charge on any atom is -0.383 e. The minimum absolute atomic E-state index is 0.0207. The molecule has 0 spiro atoms. The number of hydrogen-bond acceptors (Lipinski definition) is 7. The molecule has 1 unspecified atom stereocenters. The lowest BCUT2D eigenvalue weighted by molar-refractivity contribution is -0.144. The van der Waals surface area contributed by atoms with Gasteiger partial charge in [0.1, 0.15) is 11.6 Å². The average molecular weight is 514 g/mol. The molecule has 196 valence electrons. The van der Waals surface area contributed by atoms with Gasteiger partial charge in [0.2, 0.25) is 5.95 Å². The Balaban J connectivity index is 1.62. The first-order valence-electron chi connectivity index (χ1n) is 11.7. The number of anilines is 3. The third-order valence-electron chi connectivity index (χ3n) is 6.48. The van der Waals surface area contributed by atoms with Crippen molar-refractivity contribution in [2.45, 2.75) is 50.2 Å². The van der Waals surface area contributed by atoms with Crippen LogP contribution in [0.15, 0.2) is 24.4 Å². The molecule has 2 aromatic rings. The van der Waals surface area contributed by atoms with Crippen molar-refractivity contribution in [3.63, 3.8) is 0 Å². The maximum absolute atomic E-state index is 13.2. The molecule has 0 aromatic carbocycles. The van der Waals surface area contributed by atoms with Crippen LogP contribution in [-0.2, 0) is 15.7 Å². The number of halogens is 5. The van der Waals surface area contributed by atoms with E-state index in [9.17, 15) is 26.7 Å². The van der Waals surface area contributed by atoms with E-state index in [1.165, 1.54) is 0 Å². The zero-order chi connectivity index (χ0) is 25.9. The van der Waals surface area contributed by atoms with Crippen molar-refractivity contribution in [3.05, 3.63) is 35.7 Å². The second-order valence-corrected chi connectivity index (χ2v) is 8.88. The number of likely N-dealkylation sites (tertiary alicyclic amines) is 1. The van der Waals surface area contributed by atoms with Crippen molar-refractivity contribution < 1.29 is 31.5 Å². The summed E-state index contributed by atoms with van der Waals surface area (Å²) in [6.07, 6.45) is -3.85. The number of piperidine rings is 1. The summed E-state index contributed by atoms with van der Waals surface area (Å²) in [7, 11) is 1.61. The van der Waals surface area contributed by atoms with E-state index >= 15 is 0 Å². The summed E-state index contributed by atoms with van der Waals surface area (Å²) in [6.45, 7) is 1.50. The van der Waals surface area contributed by atoms with Crippen molar-refractivity contribution >= 4 is 23.5 Å². The van der Waals surface area contributed by atoms with E-state index in [0.29, 0.717) is 37.6 Å². The van der Waals surface area contributed by atoms with Crippen LogP contribution in [0, 0.1) is 0 Å². The van der Waals surface area contributed by atoms with Crippen molar-refractivity contribution in [3.8, 4) is 0 Å². The number of rotatable bonds is 7. The Labute approximate surface area is 204 Å². The number of methoxy groups -OCH3 is 1. The van der Waals surface area contributed by atoms with Gasteiger partial charge in [0.15, 0.2) is 0 Å². The van der Waals surface area contributed by atoms with E-state index in [2.05, 4.69) is 15.3 Å². The Morgan fingerprint density at radius 1 is 1.14 bits per heavy atom. The van der Waals surface area contributed by atoms with Crippen LogP contribution in [0.4, 0.5) is 39.5 Å². The van der Waals surface area contributed by atoms with Gasteiger partial charge in [-0.05, 0) is 37.8 Å². The average Bonchev–Trinajstić information content (AvgIpc) is 3.32. The number of alkyl halides is 5. The van der Waals surface area contributed by atoms with Crippen molar-refractivity contribution in [1.82, 2.24) is 19.9 Å². The van der Waals surface area contributed by atoms with Gasteiger partial charge >= 0.3 is 12.6 Å². The predicted molar refractivity (Wildman–Crippen MR) is 121 cm³/mol. The first-order valence-corrected chi connectivity index (χ1v) is 11.7. The molecule has 2 fully saturated rings. The zero-order valence-electron chi connectivity index (χ0n) is 19.6. The van der Waals surface area contributed by atoms with Gasteiger partial charge in [0.05, 0.1) is 23.9 Å². The molecular weight excluding hydrogens is 487 g/mol. The molecule has 2 aliphatic heterocycles. The highest BCUT2D eigenvalue weighted by molar-refractivity contribution is 5.79. The molecule has 0 aliphatic carbocycles. The number of nitrogens with one attached hydrogen (secondary N) is 1. The van der Waals surface area contributed by atoms with Gasteiger partial charge in [-0.25, -0.2) is 9.97 Å². The van der Waals surface area contributed by atoms with Crippen LogP contribution in [0.5, 0.6) is 0 Å². The largest absolute Gasteiger partial charge is 0.416 e. The highest BCUT2D eigenvalue weighted by Gasteiger charge is 2.33. The molecule has 2 aliphatic rings. The Bertz CT molecular complexity index is 1060. The smallest absolute Gasteiger partial charge is 0.383 e. The Hall–Kier alpha value is -3.09. The lowest BCUT2D eigenvalue weighted by Gasteiger charge is -2.32. The van der Waals surface area contributed by atoms with Gasteiger partial charge in [0.25, 0.3) is 5.91 Å². The maximum Gasteiger partial charge on any atom is 0.416 e. The molecule has 13 heteroatoms. The topological polar surface area (TPSA) is 83.5 Å². The van der Waals surface area contributed by atoms with Crippen molar-refractivity contribution in [2.24, 2.45) is 0 Å². The number of nitrogens with zero attached hydrogens (tertiary/aromatic N) is 5. The normalized spacial score (nSPS) is 19.2. The van der Waals surface area contributed by atoms with E-state index in [1.54, 1.807) is 13.2 Å². The van der Waals surface area contributed by atoms with Gasteiger partial charge in [-0.1, -0.05) is 0 Å². The summed E-state index contributed by atoms with van der Waals surface area (Å²) in [5, 5.41) is 2.86. The quantitative estimate of drug-likeness (QED) is 0.554. The minimum atomic E-state index is -4.52. The number of hydrogen-bond donors (Lipinski definition) is 1. The first kappa shape index (κ1) is 26.0. The second kappa shape index (κ2) is 10.9. The van der Waals surface area contributed by atoms with Crippen LogP contribution in [0.1, 0.15) is 42.9 Å². The molecule has 2 saturated heterocycles. The summed E-state index contributed by atoms with van der Waals surface area (Å²) in [5.74, 6) is -0.655. The molecule has 0 bridgehead atoms. The molecule has 4 heterocycles. The summed E-state index contributed by atoms with van der Waals surface area (Å²) in [5.41, 5.74) is -0.216. The highest BCUT2D eigenvalue weighted by atomic mass is 19.4. The number of amides is 1. The molecule has 1 atom stereocenters. The Morgan fingerprint density at radius 3 is 2.56 bits per heavy atom. The number of carbonyl (C=O) groups is 1. The lowest BCUT2D eigenvalue weighted by Crippen LogP contribution is -2.41. The third kappa shape index (κ3) is 6.00. The van der Waals surface area contributed by atoms with Crippen molar-refractivity contribution in [1.29, 1.82) is 0 Å². The predicted octanol–water partition coefficient (Wildman–Crippen LogP) is 4.22. The van der Waals surface area contributed by atoms with Crippen LogP contribution in [-0.4, -0.2) is 71.6 Å². The number of aromatic nitrogens is 3. The molecule has 4 rings (SSSR count). The molecule has 1 amide bonds. The van der Waals surface area contributed by atoms with E-state index in [-0.39, 0.29) is 36.7 Å². The highest BCUT2D eigenvalue weighted by Crippen LogP contribution is 2.33. The van der Waals surface area contributed by atoms with E-state index in [1.807, 2.05) is 4.90 Å². The Morgan fingerprint density at radius 2 is 1.89 bits per heavy atom. The summed E-state index contributed by atoms with van der Waals surface area (Å²) in [4.78, 5) is 28.1. The van der Waals surface area contributed by atoms with Gasteiger partial charge in [-0.2, -0.15) is 26.9 Å². The second-order valence-electron chi connectivity index (χ2n) is 8.88. The standard InChI is InChI=1S/C23H27F5N6O2/c1-36-13-16-3-2-8-34(16)22-30-17(14-5-9-33(10-6-14)21(35)20(24)25)12-19(32-22)31-18-11-15(4-7-29-18)23(26,27)28/h4,7,11-12,14,16,20H,2-3,5-6,8-10,13H2,1H3,(H,29,30,31,32). The number of carbonyl (C=O) groups excluding carboxylic acids is 1. The van der Waals surface area contributed by atoms with Crippen molar-refractivity contribution in [2.75, 3.05) is 43.6 Å². The van der Waals surface area contributed by atoms with Crippen LogP contribution in [0.25, 0.3) is 0 Å². The van der Waals surface area contributed by atoms with Gasteiger partial charge in [0, 0.05) is 44.9 Å². The molecule has 2 aromatic heterocycles. The van der Waals surface area contributed by atoms with Crippen LogP contribution in [0.3, 0.4) is 0 Å². The van der Waals surface area contributed by atoms with Crippen LogP contribution in [0.2, 0.25) is 0 Å². The summed E-state index contributed by atoms with van der Waals surface area (Å²) in [6, 6.07) is 3.48. The SMILES string of the molecule is COCC1CCCN1c1nc(Nc2cc(C(F)(F)F)ccn2)cc(C2CCN(C(=O)C(F)F)CC2)n1. The fourth-order valence-electron chi connectivity index (χ4n) is 4.66. The molecular formula is C23H27F5N6O2. The number of ether oxygens (including phenoxy) is 1. The maximum atomic E-state index is 13.2. The molecule has 1 N–H and O–H groups in total. The lowest BCUT2D eigenvalue weighted by atomic mass is 9.93. The molecule has 0 saturated carbocycles. The monoisotopic (exact) mass is 514 g/mol. The zero-order valence-corrected chi connectivity index (χ0v) is 19.6. The molecule has 0 radical (unpaired) electrons. The first-order chi connectivity index (χ1) is 17.2. The fourth-order valence-corrected chi connectivity index (χ4v) is 4.66. The summed E-state index contributed by atoms with van der Waals surface area (Å²) >= 11 is 0. The van der Waals surface area contributed by atoms with Gasteiger partial charge < -0.3 is 19.9 Å². The van der Waals surface area contributed by atoms with Gasteiger partial charge in [-0.3, -0.25) is 4.79 Å². The van der Waals surface area contributed by atoms with E-state index < -0.39 is 24.1 Å². The number of pyridine rings is 1.